The molecule has 41 heavy (non-hydrogen) atoms. The molecule has 2 aromatic rings. The highest BCUT2D eigenvalue weighted by atomic mass is 35.5. The second-order valence-electron chi connectivity index (χ2n) is 10.8. The Bertz CT molecular complexity index is 1090. The Hall–Kier alpha value is -2.85. The van der Waals surface area contributed by atoms with Gasteiger partial charge in [0.25, 0.3) is 0 Å². The first kappa shape index (κ1) is 32.7. The summed E-state index contributed by atoms with van der Waals surface area (Å²) in [5.41, 5.74) is 1.97. The van der Waals surface area contributed by atoms with Gasteiger partial charge in [0.1, 0.15) is 17.5 Å². The molecule has 0 heterocycles. The molecule has 2 unspecified atom stereocenters. The summed E-state index contributed by atoms with van der Waals surface area (Å²) in [6, 6.07) is 15.8. The summed E-state index contributed by atoms with van der Waals surface area (Å²) in [5, 5.41) is 0. The molecule has 5 heteroatoms. The van der Waals surface area contributed by atoms with Gasteiger partial charge < -0.3 is 9.47 Å². The molecule has 2 atom stereocenters. The highest BCUT2D eigenvalue weighted by Gasteiger charge is 2.32. The number of alkyl halides is 1. The summed E-state index contributed by atoms with van der Waals surface area (Å²) >= 11 is 6.96. The largest absolute Gasteiger partial charge is 0.494 e. The smallest absolute Gasteiger partial charge is 0.178 e. The van der Waals surface area contributed by atoms with E-state index in [1.165, 1.54) is 64.2 Å². The second-order valence-corrected chi connectivity index (χ2v) is 11.4. The molecule has 1 aliphatic rings. The van der Waals surface area contributed by atoms with Gasteiger partial charge in [-0.05, 0) is 78.6 Å². The van der Waals surface area contributed by atoms with Gasteiger partial charge in [0.05, 0.1) is 13.2 Å². The van der Waals surface area contributed by atoms with Crippen LogP contribution >= 0.6 is 11.6 Å². The fraction of sp³-hybridized carbons (Fsp3) is 0.500. The van der Waals surface area contributed by atoms with Crippen LogP contribution in [0.1, 0.15) is 102 Å². The minimum atomic E-state index is -0.974. The molecule has 0 saturated carbocycles. The van der Waals surface area contributed by atoms with Crippen molar-refractivity contribution in [2.45, 2.75) is 102 Å². The molecule has 0 amide bonds. The van der Waals surface area contributed by atoms with Crippen LogP contribution in [0.3, 0.4) is 0 Å². The van der Waals surface area contributed by atoms with Gasteiger partial charge >= 0.3 is 0 Å². The van der Waals surface area contributed by atoms with Crippen molar-refractivity contribution in [1.82, 2.24) is 0 Å². The quantitative estimate of drug-likeness (QED) is 0.0681. The van der Waals surface area contributed by atoms with Crippen LogP contribution in [0, 0.1) is 0 Å². The SMILES string of the molecule is CCCCCCCCOc1ccc(C=NC2C=CC=CC2(Cl)N=Cc2ccc(OCCCCCCCC)cc2)cc1. The predicted molar refractivity (Wildman–Crippen MR) is 176 cm³/mol. The van der Waals surface area contributed by atoms with Crippen LogP contribution in [0.4, 0.5) is 0 Å². The summed E-state index contributed by atoms with van der Waals surface area (Å²) in [6.45, 7) is 6.01. The number of aliphatic imine (C=N–C) groups is 2. The molecule has 3 rings (SSSR count). The third kappa shape index (κ3) is 12.7. The Kier molecular flexibility index (Phi) is 15.4. The van der Waals surface area contributed by atoms with Crippen molar-refractivity contribution < 1.29 is 9.47 Å². The summed E-state index contributed by atoms with van der Waals surface area (Å²) in [6.07, 6.45) is 26.6. The number of benzene rings is 2. The van der Waals surface area contributed by atoms with Gasteiger partial charge in [-0.3, -0.25) is 9.98 Å². The Labute approximate surface area is 253 Å². The van der Waals surface area contributed by atoms with Gasteiger partial charge in [0.15, 0.2) is 5.00 Å². The van der Waals surface area contributed by atoms with Crippen molar-refractivity contribution in [3.63, 3.8) is 0 Å². The average molecular weight is 577 g/mol. The third-order valence-electron chi connectivity index (χ3n) is 7.24. The van der Waals surface area contributed by atoms with Crippen LogP contribution in [0.5, 0.6) is 11.5 Å². The van der Waals surface area contributed by atoms with Crippen LogP contribution in [0.2, 0.25) is 0 Å². The molecule has 2 aromatic carbocycles. The lowest BCUT2D eigenvalue weighted by molar-refractivity contribution is 0.304. The number of hydrogen-bond acceptors (Lipinski definition) is 4. The Balaban J connectivity index is 1.46. The second kappa shape index (κ2) is 19.3. The summed E-state index contributed by atoms with van der Waals surface area (Å²) in [4.78, 5) is 8.52. The zero-order chi connectivity index (χ0) is 29.0. The lowest BCUT2D eigenvalue weighted by Gasteiger charge is -2.26. The van der Waals surface area contributed by atoms with Crippen molar-refractivity contribution in [2.75, 3.05) is 13.2 Å². The van der Waals surface area contributed by atoms with Crippen LogP contribution < -0.4 is 9.47 Å². The molecule has 4 nitrogen and oxygen atoms in total. The Morgan fingerprint density at radius 1 is 0.659 bits per heavy atom. The maximum Gasteiger partial charge on any atom is 0.178 e. The van der Waals surface area contributed by atoms with Crippen molar-refractivity contribution in [3.8, 4) is 11.5 Å². The minimum absolute atomic E-state index is 0.311. The number of rotatable bonds is 20. The van der Waals surface area contributed by atoms with Crippen LogP contribution in [0.25, 0.3) is 0 Å². The minimum Gasteiger partial charge on any atom is -0.494 e. The molecule has 1 aliphatic carbocycles. The van der Waals surface area contributed by atoms with E-state index in [1.54, 1.807) is 0 Å². The van der Waals surface area contributed by atoms with E-state index < -0.39 is 5.00 Å². The molecule has 0 fully saturated rings. The van der Waals surface area contributed by atoms with E-state index in [9.17, 15) is 0 Å². The van der Waals surface area contributed by atoms with Gasteiger partial charge in [0.2, 0.25) is 0 Å². The number of hydrogen-bond donors (Lipinski definition) is 0. The Morgan fingerprint density at radius 3 is 1.68 bits per heavy atom. The van der Waals surface area contributed by atoms with Crippen LogP contribution in [-0.4, -0.2) is 36.7 Å². The van der Waals surface area contributed by atoms with Crippen molar-refractivity contribution in [2.24, 2.45) is 9.98 Å². The number of ether oxygens (including phenoxy) is 2. The van der Waals surface area contributed by atoms with E-state index in [2.05, 4.69) is 13.8 Å². The van der Waals surface area contributed by atoms with Gasteiger partial charge in [-0.1, -0.05) is 108 Å². The molecule has 0 spiro atoms. The molecule has 0 radical (unpaired) electrons. The van der Waals surface area contributed by atoms with Gasteiger partial charge in [-0.15, -0.1) is 0 Å². The normalized spacial score (nSPS) is 18.5. The topological polar surface area (TPSA) is 43.2 Å². The molecular formula is C36H49ClN2O2. The van der Waals surface area contributed by atoms with Crippen molar-refractivity contribution >= 4 is 24.0 Å². The van der Waals surface area contributed by atoms with Gasteiger partial charge in [-0.2, -0.15) is 0 Å². The van der Waals surface area contributed by atoms with Crippen molar-refractivity contribution in [1.29, 1.82) is 0 Å². The molecule has 0 saturated heterocycles. The average Bonchev–Trinajstić information content (AvgIpc) is 3.00. The molecule has 0 bridgehead atoms. The summed E-state index contributed by atoms with van der Waals surface area (Å²) in [7, 11) is 0. The van der Waals surface area contributed by atoms with Crippen LogP contribution in [-0.2, 0) is 0 Å². The first-order valence-electron chi connectivity index (χ1n) is 15.7. The number of allylic oxidation sites excluding steroid dienone is 2. The molecule has 0 aliphatic heterocycles. The van der Waals surface area contributed by atoms with E-state index in [1.807, 2.05) is 85.3 Å². The van der Waals surface area contributed by atoms with E-state index in [4.69, 9.17) is 31.1 Å². The standard InChI is InChI=1S/C36H49ClN2O2/c1-3-5-7-9-11-15-27-40-33-22-18-31(19-23-33)29-38-35-17-13-14-26-36(35,37)39-30-32-20-24-34(25-21-32)41-28-16-12-10-8-6-4-2/h13-14,17-26,29-30,35H,3-12,15-16,27-28H2,1-2H3. The lowest BCUT2D eigenvalue weighted by Crippen LogP contribution is -2.31. The fourth-order valence-corrected chi connectivity index (χ4v) is 4.90. The summed E-state index contributed by atoms with van der Waals surface area (Å²) in [5.74, 6) is 1.78. The molecule has 0 aromatic heterocycles. The first-order chi connectivity index (χ1) is 20.1. The van der Waals surface area contributed by atoms with Crippen LogP contribution in [0.15, 0.2) is 82.8 Å². The fourth-order valence-electron chi connectivity index (χ4n) is 4.65. The number of nitrogens with zero attached hydrogens (tertiary/aromatic N) is 2. The Morgan fingerprint density at radius 2 is 1.15 bits per heavy atom. The van der Waals surface area contributed by atoms with E-state index in [0.717, 1.165) is 48.7 Å². The van der Waals surface area contributed by atoms with Gasteiger partial charge in [-0.25, -0.2) is 0 Å². The van der Waals surface area contributed by atoms with Crippen molar-refractivity contribution in [3.05, 3.63) is 84.0 Å². The lowest BCUT2D eigenvalue weighted by atomic mass is 10.0. The first-order valence-corrected chi connectivity index (χ1v) is 16.1. The monoisotopic (exact) mass is 576 g/mol. The van der Waals surface area contributed by atoms with Gasteiger partial charge in [0, 0.05) is 12.4 Å². The maximum absolute atomic E-state index is 6.96. The zero-order valence-corrected chi connectivity index (χ0v) is 25.9. The molecule has 222 valence electrons. The third-order valence-corrected chi connectivity index (χ3v) is 7.69. The predicted octanol–water partition coefficient (Wildman–Crippen LogP) is 10.1. The van der Waals surface area contributed by atoms with E-state index in [0.29, 0.717) is 0 Å². The van der Waals surface area contributed by atoms with E-state index in [-0.39, 0.29) is 6.04 Å². The zero-order valence-electron chi connectivity index (χ0n) is 25.1. The number of unbranched alkanes of at least 4 members (excludes halogenated alkanes) is 10. The molecular weight excluding hydrogens is 528 g/mol. The highest BCUT2D eigenvalue weighted by Crippen LogP contribution is 2.30. The van der Waals surface area contributed by atoms with E-state index >= 15 is 0 Å². The summed E-state index contributed by atoms with van der Waals surface area (Å²) < 4.78 is 11.8. The molecule has 0 N–H and O–H groups in total. The maximum atomic E-state index is 6.96. The number of halogens is 1. The highest BCUT2D eigenvalue weighted by molar-refractivity contribution is 6.26.